The van der Waals surface area contributed by atoms with E-state index in [9.17, 15) is 47.7 Å². The number of sulfonamides is 1. The Morgan fingerprint density at radius 3 is 2.06 bits per heavy atom. The minimum atomic E-state index is -4.35. The monoisotopic (exact) mass is 987 g/mol. The highest BCUT2D eigenvalue weighted by Gasteiger charge is 2.35. The Kier molecular flexibility index (Phi) is 14.3. The highest BCUT2D eigenvalue weighted by molar-refractivity contribution is 7.89. The first-order valence-electron chi connectivity index (χ1n) is 24.5. The molecule has 1 aliphatic heterocycles. The standard InChI is InChI=1S/C58H54N2O11S/c1-36-16-25-42(26-17-36)72(69,70)60(31-9-15-54(64)65)57(66)56-44-11-4-6-13-49(44)59(50-14-7-5-12-45(50)56)30-8-2-3-10-37-18-20-38(21-19-37)32-51(63)39-22-27-43(48(33-39)58(67)68)55-46-28-23-40(61)34-52(46)71-53-35-41(62)24-29-47(53)55/h4-7,11-14,16-17,22-29,33-35,37-38H,2-3,8-10,15,18-21,30-32H2,1H3,(H2-,61,62,64,65,67,68)/p+1. The number of carbonyl (C=O) groups excluding carboxylic acids is 2. The normalized spacial score (nSPS) is 15.0. The van der Waals surface area contributed by atoms with Gasteiger partial charge in [-0.1, -0.05) is 79.8 Å². The van der Waals surface area contributed by atoms with E-state index in [0.717, 1.165) is 72.3 Å². The first kappa shape index (κ1) is 49.3. The second kappa shape index (κ2) is 20.9. The van der Waals surface area contributed by atoms with Gasteiger partial charge in [0.1, 0.15) is 23.6 Å². The Bertz CT molecular complexity index is 3480. The number of hydrogen-bond acceptors (Lipinski definition) is 9. The summed E-state index contributed by atoms with van der Waals surface area (Å²) in [5.41, 5.74) is 4.37. The second-order valence-electron chi connectivity index (χ2n) is 19.0. The van der Waals surface area contributed by atoms with Gasteiger partial charge in [0.15, 0.2) is 11.2 Å². The molecule has 0 bridgehead atoms. The fourth-order valence-corrected chi connectivity index (χ4v) is 11.9. The number of hydrogen-bond donors (Lipinski definition) is 3. The second-order valence-corrected chi connectivity index (χ2v) is 20.9. The minimum absolute atomic E-state index is 0.0464. The molecule has 0 radical (unpaired) electrons. The van der Waals surface area contributed by atoms with Crippen molar-refractivity contribution in [2.24, 2.45) is 11.8 Å². The van der Waals surface area contributed by atoms with Crippen molar-refractivity contribution >= 4 is 66.4 Å². The molecule has 1 amide bonds. The third kappa shape index (κ3) is 10.2. The van der Waals surface area contributed by atoms with Crippen LogP contribution in [0.2, 0.25) is 0 Å². The van der Waals surface area contributed by atoms with Gasteiger partial charge >= 0.3 is 11.9 Å². The lowest BCUT2D eigenvalue weighted by Crippen LogP contribution is -2.40. The molecule has 1 saturated carbocycles. The molecule has 0 saturated heterocycles. The SMILES string of the molecule is Cc1ccc(S(=O)(=O)N(CCCC(=O)O)C(=O)c2c3ccccc3[n+](CCCCCC3CCC(CC(=O)c4ccc(-c5c6ccc(=O)cc-6oc6cc(O)ccc56)c(C(=O)O)c4)CC3)c3ccccc23)cc1. The Morgan fingerprint density at radius 2 is 1.38 bits per heavy atom. The van der Waals surface area contributed by atoms with Crippen LogP contribution in [0.5, 0.6) is 5.75 Å². The number of ketones is 1. The lowest BCUT2D eigenvalue weighted by atomic mass is 9.77. The van der Waals surface area contributed by atoms with Crippen LogP contribution in [0, 0.1) is 18.8 Å². The van der Waals surface area contributed by atoms with E-state index in [0.29, 0.717) is 57.3 Å². The fraction of sp³-hybridized carbons (Fsp3) is 0.276. The number of pyridine rings is 1. The van der Waals surface area contributed by atoms with Crippen LogP contribution in [-0.4, -0.2) is 58.2 Å². The molecule has 3 N–H and O–H groups in total. The lowest BCUT2D eigenvalue weighted by Gasteiger charge is -2.28. The molecule has 5 aromatic carbocycles. The van der Waals surface area contributed by atoms with E-state index in [2.05, 4.69) is 4.57 Å². The van der Waals surface area contributed by atoms with Gasteiger partial charge in [-0.15, -0.1) is 0 Å². The number of Topliss-reactive ketones (excluding diaryl/α,β-unsaturated/α-hetero) is 1. The van der Waals surface area contributed by atoms with Crippen molar-refractivity contribution in [3.05, 3.63) is 160 Å². The van der Waals surface area contributed by atoms with Gasteiger partial charge in [0.05, 0.1) is 26.8 Å². The molecule has 0 atom stereocenters. The van der Waals surface area contributed by atoms with Gasteiger partial charge in [0.25, 0.3) is 15.9 Å². The number of phenolic OH excluding ortho intramolecular Hbond substituents is 1. The smallest absolute Gasteiger partial charge is 0.336 e. The molecular weight excluding hydrogens is 933 g/mol. The number of rotatable bonds is 18. The maximum Gasteiger partial charge on any atom is 0.336 e. The number of aromatic carboxylic acids is 1. The maximum absolute atomic E-state index is 14.7. The molecule has 3 aliphatic rings. The van der Waals surface area contributed by atoms with Crippen molar-refractivity contribution in [2.75, 3.05) is 6.54 Å². The summed E-state index contributed by atoms with van der Waals surface area (Å²) in [7, 11) is -4.35. The maximum atomic E-state index is 14.7. The molecule has 2 aliphatic carbocycles. The number of carboxylic acid groups (broad SMARTS) is 2. The van der Waals surface area contributed by atoms with E-state index >= 15 is 0 Å². The molecule has 0 unspecified atom stereocenters. The largest absolute Gasteiger partial charge is 0.508 e. The molecule has 368 valence electrons. The number of nitrogens with zero attached hydrogens (tertiary/aromatic N) is 2. The molecule has 13 nitrogen and oxygen atoms in total. The van der Waals surface area contributed by atoms with Crippen molar-refractivity contribution in [1.29, 1.82) is 0 Å². The Balaban J connectivity index is 0.840. The number of aromatic hydroxyl groups is 1. The van der Waals surface area contributed by atoms with E-state index in [4.69, 9.17) is 4.42 Å². The topological polar surface area (TPSA) is 200 Å². The third-order valence-corrected chi connectivity index (χ3v) is 16.0. The van der Waals surface area contributed by atoms with Crippen LogP contribution in [0.3, 0.4) is 0 Å². The molecule has 9 rings (SSSR count). The first-order valence-corrected chi connectivity index (χ1v) is 25.9. The van der Waals surface area contributed by atoms with Gasteiger partial charge in [0, 0.05) is 72.1 Å². The number of fused-ring (bicyclic) bond motifs is 4. The summed E-state index contributed by atoms with van der Waals surface area (Å²) in [6.07, 6.45) is 7.71. The van der Waals surface area contributed by atoms with Crippen molar-refractivity contribution in [3.8, 4) is 28.2 Å². The lowest BCUT2D eigenvalue weighted by molar-refractivity contribution is -0.645. The van der Waals surface area contributed by atoms with E-state index < -0.39 is 27.9 Å². The number of para-hydroxylation sites is 2. The van der Waals surface area contributed by atoms with Crippen LogP contribution >= 0.6 is 0 Å². The van der Waals surface area contributed by atoms with Crippen LogP contribution in [0.25, 0.3) is 55.2 Å². The summed E-state index contributed by atoms with van der Waals surface area (Å²) < 4.78 is 37.3. The van der Waals surface area contributed by atoms with Crippen LogP contribution in [-0.2, 0) is 21.4 Å². The summed E-state index contributed by atoms with van der Waals surface area (Å²) in [6.45, 7) is 2.21. The number of aromatic nitrogens is 1. The summed E-state index contributed by atoms with van der Waals surface area (Å²) in [5, 5.41) is 31.7. The van der Waals surface area contributed by atoms with Gasteiger partial charge in [-0.2, -0.15) is 4.57 Å². The van der Waals surface area contributed by atoms with E-state index in [-0.39, 0.29) is 69.6 Å². The number of unbranched alkanes of at least 4 members (excludes halogenated alkanes) is 2. The summed E-state index contributed by atoms with van der Waals surface area (Å²) in [6, 6.07) is 34.8. The number of aryl methyl sites for hydroxylation is 2. The zero-order chi connectivity index (χ0) is 50.7. The quantitative estimate of drug-likeness (QED) is 0.0320. The first-order chi connectivity index (χ1) is 34.7. The minimum Gasteiger partial charge on any atom is -0.508 e. The predicted molar refractivity (Wildman–Crippen MR) is 274 cm³/mol. The molecule has 72 heavy (non-hydrogen) atoms. The third-order valence-electron chi connectivity index (χ3n) is 14.2. The van der Waals surface area contributed by atoms with E-state index in [1.807, 2.05) is 55.5 Å². The molecular formula is C58H55N2O11S+. The number of carbonyl (C=O) groups is 4. The van der Waals surface area contributed by atoms with Crippen molar-refractivity contribution < 1.29 is 51.9 Å². The number of amides is 1. The van der Waals surface area contributed by atoms with Gasteiger partial charge < -0.3 is 19.7 Å². The van der Waals surface area contributed by atoms with Gasteiger partial charge in [-0.25, -0.2) is 17.5 Å². The molecule has 0 spiro atoms. The predicted octanol–water partition coefficient (Wildman–Crippen LogP) is 11.2. The van der Waals surface area contributed by atoms with Crippen LogP contribution < -0.4 is 10.00 Å². The number of benzene rings is 6. The zero-order valence-corrected chi connectivity index (χ0v) is 40.7. The van der Waals surface area contributed by atoms with Crippen LogP contribution in [0.4, 0.5) is 0 Å². The molecule has 6 aromatic rings. The summed E-state index contributed by atoms with van der Waals surface area (Å²) in [4.78, 5) is 65.0. The summed E-state index contributed by atoms with van der Waals surface area (Å²) >= 11 is 0. The van der Waals surface area contributed by atoms with Crippen molar-refractivity contribution in [3.63, 3.8) is 0 Å². The number of aliphatic carboxylic acids is 1. The van der Waals surface area contributed by atoms with Crippen molar-refractivity contribution in [1.82, 2.24) is 4.31 Å². The molecule has 1 aromatic heterocycles. The van der Waals surface area contributed by atoms with Gasteiger partial charge in [-0.3, -0.25) is 19.2 Å². The van der Waals surface area contributed by atoms with E-state index in [1.165, 1.54) is 42.5 Å². The Hall–Kier alpha value is -7.71. The highest BCUT2D eigenvalue weighted by Crippen LogP contribution is 2.43. The Morgan fingerprint density at radius 1 is 0.708 bits per heavy atom. The number of carboxylic acids is 2. The molecule has 14 heteroatoms. The highest BCUT2D eigenvalue weighted by atomic mass is 32.2. The van der Waals surface area contributed by atoms with Crippen LogP contribution in [0.15, 0.2) is 142 Å². The average molecular weight is 988 g/mol. The van der Waals surface area contributed by atoms with Crippen LogP contribution in [0.1, 0.15) is 107 Å². The summed E-state index contributed by atoms with van der Waals surface area (Å²) in [5.74, 6) is -2.18. The average Bonchev–Trinajstić information content (AvgIpc) is 3.36. The fourth-order valence-electron chi connectivity index (χ4n) is 10.5. The van der Waals surface area contributed by atoms with Gasteiger partial charge in [-0.05, 0) is 105 Å². The van der Waals surface area contributed by atoms with Crippen molar-refractivity contribution in [2.45, 2.75) is 89.0 Å². The Labute approximate surface area is 416 Å². The molecule has 1 fully saturated rings. The van der Waals surface area contributed by atoms with Gasteiger partial charge in [0.2, 0.25) is 11.0 Å². The van der Waals surface area contributed by atoms with E-state index in [1.54, 1.807) is 36.4 Å². The zero-order valence-electron chi connectivity index (χ0n) is 39.9. The number of phenols is 1. The molecule has 2 heterocycles.